The normalized spacial score (nSPS) is 11.8. The van der Waals surface area contributed by atoms with Crippen LogP contribution < -0.4 is 0 Å². The number of fused-ring (bicyclic) bond motifs is 2. The summed E-state index contributed by atoms with van der Waals surface area (Å²) in [5.41, 5.74) is 1.33. The average molecular weight is 357 g/mol. The van der Waals surface area contributed by atoms with E-state index in [4.69, 9.17) is 32.0 Å². The van der Waals surface area contributed by atoms with Crippen LogP contribution in [0, 0.1) is 0 Å². The third kappa shape index (κ3) is 2.84. The molecular weight excluding hydrogens is 347 g/mol. The molecule has 3 nitrogen and oxygen atoms in total. The Labute approximate surface area is 147 Å². The van der Waals surface area contributed by atoms with Crippen molar-refractivity contribution in [2.24, 2.45) is 0 Å². The number of hydrogen-bond acceptors (Lipinski definition) is 3. The Kier molecular flexibility index (Phi) is 3.68. The van der Waals surface area contributed by atoms with Gasteiger partial charge in [0.15, 0.2) is 5.76 Å². The van der Waals surface area contributed by atoms with E-state index >= 15 is 0 Å². The van der Waals surface area contributed by atoms with Crippen LogP contribution in [0.2, 0.25) is 10.0 Å². The lowest BCUT2D eigenvalue weighted by atomic mass is 10.2. The molecule has 0 N–H and O–H groups in total. The van der Waals surface area contributed by atoms with Crippen molar-refractivity contribution in [3.8, 4) is 0 Å². The minimum Gasteiger partial charge on any atom is -0.457 e. The molecule has 2 heterocycles. The summed E-state index contributed by atoms with van der Waals surface area (Å²) >= 11 is 11.9. The molecule has 4 rings (SSSR count). The van der Waals surface area contributed by atoms with Gasteiger partial charge >= 0.3 is 0 Å². The number of ketones is 1. The molecule has 0 aliphatic heterocycles. The van der Waals surface area contributed by atoms with E-state index in [9.17, 15) is 4.79 Å². The predicted octanol–water partition coefficient (Wildman–Crippen LogP) is 6.38. The summed E-state index contributed by atoms with van der Waals surface area (Å²) in [4.78, 5) is 12.3. The zero-order chi connectivity index (χ0) is 16.7. The smallest absolute Gasteiger partial charge is 0.221 e. The van der Waals surface area contributed by atoms with Gasteiger partial charge in [-0.05, 0) is 60.7 Å². The first-order chi connectivity index (χ1) is 11.6. The molecule has 0 unspecified atom stereocenters. The van der Waals surface area contributed by atoms with Gasteiger partial charge in [0.25, 0.3) is 0 Å². The van der Waals surface area contributed by atoms with Crippen molar-refractivity contribution in [1.29, 1.82) is 0 Å². The van der Waals surface area contributed by atoms with Crippen LogP contribution in [0.4, 0.5) is 0 Å². The van der Waals surface area contributed by atoms with Crippen molar-refractivity contribution in [1.82, 2.24) is 0 Å². The van der Waals surface area contributed by atoms with Crippen LogP contribution in [0.5, 0.6) is 0 Å². The van der Waals surface area contributed by atoms with Crippen molar-refractivity contribution >= 4 is 57.0 Å². The summed E-state index contributed by atoms with van der Waals surface area (Å²) in [6, 6.07) is 14.1. The highest BCUT2D eigenvalue weighted by Crippen LogP contribution is 2.25. The van der Waals surface area contributed by atoms with Crippen LogP contribution in [0.15, 0.2) is 63.4 Å². The number of carbonyl (C=O) groups is 1. The number of allylic oxidation sites excluding steroid dienone is 1. The lowest BCUT2D eigenvalue weighted by Crippen LogP contribution is -1.89. The number of carbonyl (C=O) groups excluding carboxylic acids is 1. The summed E-state index contributed by atoms with van der Waals surface area (Å²) in [5.74, 6) is 0.572. The molecule has 0 atom stereocenters. The summed E-state index contributed by atoms with van der Waals surface area (Å²) in [7, 11) is 0. The fraction of sp³-hybridized carbons (Fsp3) is 0. The predicted molar refractivity (Wildman–Crippen MR) is 95.8 cm³/mol. The molecule has 2 aromatic carbocycles. The summed E-state index contributed by atoms with van der Waals surface area (Å²) in [5, 5.41) is 2.90. The molecule has 4 aromatic rings. The van der Waals surface area contributed by atoms with Gasteiger partial charge in [-0.1, -0.05) is 23.2 Å². The molecule has 0 radical (unpaired) electrons. The van der Waals surface area contributed by atoms with E-state index in [0.29, 0.717) is 27.0 Å². The van der Waals surface area contributed by atoms with E-state index in [1.807, 2.05) is 12.1 Å². The maximum Gasteiger partial charge on any atom is 0.221 e. The molecule has 0 fully saturated rings. The van der Waals surface area contributed by atoms with E-state index in [0.717, 1.165) is 10.8 Å². The summed E-state index contributed by atoms with van der Waals surface area (Å²) in [6.07, 6.45) is 3.02. The van der Waals surface area contributed by atoms with Gasteiger partial charge < -0.3 is 8.83 Å². The summed E-state index contributed by atoms with van der Waals surface area (Å²) in [6.45, 7) is 0. The highest BCUT2D eigenvalue weighted by Gasteiger charge is 2.10. The Morgan fingerprint density at radius 1 is 0.833 bits per heavy atom. The second-order valence-corrected chi connectivity index (χ2v) is 6.19. The molecule has 5 heteroatoms. The topological polar surface area (TPSA) is 43.4 Å². The molecule has 0 saturated carbocycles. The van der Waals surface area contributed by atoms with E-state index in [1.165, 1.54) is 6.08 Å². The third-order valence-corrected chi connectivity index (χ3v) is 4.09. The number of halogens is 2. The maximum atomic E-state index is 12.3. The molecule has 24 heavy (non-hydrogen) atoms. The Balaban J connectivity index is 1.62. The van der Waals surface area contributed by atoms with Gasteiger partial charge in [-0.2, -0.15) is 0 Å². The molecule has 0 amide bonds. The molecule has 0 saturated heterocycles. The lowest BCUT2D eigenvalue weighted by Gasteiger charge is -1.88. The standard InChI is InChI=1S/C19H10Cl2O3/c20-13-1-5-17-11(7-13)9-15(23-17)3-4-16(22)19-10-12-8-14(21)2-6-18(12)24-19/h1-10H/b4-3+. The molecule has 0 aliphatic carbocycles. The second-order valence-electron chi connectivity index (χ2n) is 5.32. The molecule has 0 aliphatic rings. The Bertz CT molecular complexity index is 1100. The van der Waals surface area contributed by atoms with Gasteiger partial charge in [0.1, 0.15) is 16.9 Å². The first-order valence-electron chi connectivity index (χ1n) is 7.19. The van der Waals surface area contributed by atoms with Gasteiger partial charge in [0, 0.05) is 20.8 Å². The van der Waals surface area contributed by atoms with Gasteiger partial charge in [0.05, 0.1) is 0 Å². The van der Waals surface area contributed by atoms with Crippen LogP contribution in [0.3, 0.4) is 0 Å². The molecular formula is C19H10Cl2O3. The van der Waals surface area contributed by atoms with Gasteiger partial charge in [-0.15, -0.1) is 0 Å². The Hall–Kier alpha value is -2.49. The fourth-order valence-corrected chi connectivity index (χ4v) is 2.85. The quantitative estimate of drug-likeness (QED) is 0.316. The lowest BCUT2D eigenvalue weighted by molar-refractivity contribution is 0.102. The zero-order valence-corrected chi connectivity index (χ0v) is 13.8. The SMILES string of the molecule is O=C(/C=C/c1cc2cc(Cl)ccc2o1)c1cc2cc(Cl)ccc2o1. The minimum atomic E-state index is -0.249. The Morgan fingerprint density at radius 3 is 2.17 bits per heavy atom. The first-order valence-corrected chi connectivity index (χ1v) is 7.95. The van der Waals surface area contributed by atoms with E-state index in [1.54, 1.807) is 42.5 Å². The Morgan fingerprint density at radius 2 is 1.46 bits per heavy atom. The van der Waals surface area contributed by atoms with E-state index in [-0.39, 0.29) is 11.5 Å². The van der Waals surface area contributed by atoms with Crippen molar-refractivity contribution in [2.75, 3.05) is 0 Å². The molecule has 2 aromatic heterocycles. The minimum absolute atomic E-state index is 0.249. The fourth-order valence-electron chi connectivity index (χ4n) is 2.49. The largest absolute Gasteiger partial charge is 0.457 e. The third-order valence-electron chi connectivity index (χ3n) is 3.62. The highest BCUT2D eigenvalue weighted by molar-refractivity contribution is 6.31. The summed E-state index contributed by atoms with van der Waals surface area (Å²) < 4.78 is 11.2. The number of benzene rings is 2. The van der Waals surface area contributed by atoms with Crippen molar-refractivity contribution in [3.63, 3.8) is 0 Å². The van der Waals surface area contributed by atoms with Crippen LogP contribution >= 0.6 is 23.2 Å². The van der Waals surface area contributed by atoms with Crippen molar-refractivity contribution in [2.45, 2.75) is 0 Å². The number of furan rings is 2. The average Bonchev–Trinajstić information content (AvgIpc) is 3.15. The number of hydrogen-bond donors (Lipinski definition) is 0. The van der Waals surface area contributed by atoms with Gasteiger partial charge in [-0.3, -0.25) is 4.79 Å². The highest BCUT2D eigenvalue weighted by atomic mass is 35.5. The first kappa shape index (κ1) is 15.1. The maximum absolute atomic E-state index is 12.3. The monoisotopic (exact) mass is 356 g/mol. The second kappa shape index (κ2) is 5.86. The molecule has 0 spiro atoms. The zero-order valence-electron chi connectivity index (χ0n) is 12.3. The molecule has 0 bridgehead atoms. The van der Waals surface area contributed by atoms with Crippen LogP contribution in [-0.2, 0) is 0 Å². The number of rotatable bonds is 3. The van der Waals surface area contributed by atoms with Crippen LogP contribution in [0.25, 0.3) is 28.0 Å². The van der Waals surface area contributed by atoms with Crippen LogP contribution in [0.1, 0.15) is 16.3 Å². The molecule has 118 valence electrons. The van der Waals surface area contributed by atoms with E-state index < -0.39 is 0 Å². The van der Waals surface area contributed by atoms with Gasteiger partial charge in [-0.25, -0.2) is 0 Å². The van der Waals surface area contributed by atoms with Crippen molar-refractivity contribution in [3.05, 3.63) is 76.2 Å². The van der Waals surface area contributed by atoms with Crippen LogP contribution in [-0.4, -0.2) is 5.78 Å². The van der Waals surface area contributed by atoms with Gasteiger partial charge in [0.2, 0.25) is 5.78 Å². The van der Waals surface area contributed by atoms with E-state index in [2.05, 4.69) is 0 Å². The van der Waals surface area contributed by atoms with Crippen molar-refractivity contribution < 1.29 is 13.6 Å².